The second kappa shape index (κ2) is 7.35. The van der Waals surface area contributed by atoms with Gasteiger partial charge in [-0.15, -0.1) is 6.58 Å². The van der Waals surface area contributed by atoms with Crippen LogP contribution in [0.1, 0.15) is 10.4 Å². The molecule has 0 aliphatic carbocycles. The van der Waals surface area contributed by atoms with Crippen molar-refractivity contribution in [3.05, 3.63) is 48.6 Å². The van der Waals surface area contributed by atoms with Gasteiger partial charge in [0.15, 0.2) is 12.4 Å². The first-order valence-electron chi connectivity index (χ1n) is 5.16. The maximum Gasteiger partial charge on any atom is 0.338 e. The summed E-state index contributed by atoms with van der Waals surface area (Å²) >= 11 is 0. The van der Waals surface area contributed by atoms with Crippen LogP contribution in [0.3, 0.4) is 0 Å². The van der Waals surface area contributed by atoms with Crippen LogP contribution in [0.5, 0.6) is 0 Å². The van der Waals surface area contributed by atoms with Crippen LogP contribution in [0.2, 0.25) is 0 Å². The number of rotatable bonds is 7. The lowest BCUT2D eigenvalue weighted by molar-refractivity contribution is -0.126. The fraction of sp³-hybridized carbons (Fsp3) is 0.231. The van der Waals surface area contributed by atoms with Gasteiger partial charge in [-0.3, -0.25) is 4.79 Å². The van der Waals surface area contributed by atoms with E-state index in [1.165, 1.54) is 0 Å². The van der Waals surface area contributed by atoms with E-state index in [0.717, 1.165) is 0 Å². The minimum atomic E-state index is -0.511. The number of hydrogen-bond acceptors (Lipinski definition) is 4. The van der Waals surface area contributed by atoms with Gasteiger partial charge < -0.3 is 9.47 Å². The van der Waals surface area contributed by atoms with Crippen LogP contribution in [0.25, 0.3) is 0 Å². The standard InChI is InChI=1S/C13H14O4/c1-2-8-16-9-12(14)10-17-13(15)11-6-4-3-5-7-11/h2-7H,1,8-10H2. The third-order valence-corrected chi connectivity index (χ3v) is 1.87. The molecule has 0 radical (unpaired) electrons. The lowest BCUT2D eigenvalue weighted by atomic mass is 10.2. The summed E-state index contributed by atoms with van der Waals surface area (Å²) in [6.07, 6.45) is 1.54. The van der Waals surface area contributed by atoms with Gasteiger partial charge in [-0.1, -0.05) is 24.3 Å². The summed E-state index contributed by atoms with van der Waals surface area (Å²) in [5, 5.41) is 0. The molecule has 0 saturated carbocycles. The number of Topliss-reactive ketones (excluding diaryl/α,β-unsaturated/α-hetero) is 1. The zero-order valence-electron chi connectivity index (χ0n) is 9.43. The molecule has 0 fully saturated rings. The summed E-state index contributed by atoms with van der Waals surface area (Å²) in [4.78, 5) is 22.7. The molecule has 0 unspecified atom stereocenters. The number of esters is 1. The molecule has 1 rings (SSSR count). The average Bonchev–Trinajstić information content (AvgIpc) is 2.37. The number of ether oxygens (including phenoxy) is 2. The highest BCUT2D eigenvalue weighted by Gasteiger charge is 2.09. The Bertz CT molecular complexity index is 384. The van der Waals surface area contributed by atoms with Crippen molar-refractivity contribution < 1.29 is 19.1 Å². The highest BCUT2D eigenvalue weighted by atomic mass is 16.5. The van der Waals surface area contributed by atoms with E-state index in [-0.39, 0.29) is 19.0 Å². The minimum Gasteiger partial charge on any atom is -0.454 e. The summed E-state index contributed by atoms with van der Waals surface area (Å²) in [6, 6.07) is 8.50. The van der Waals surface area contributed by atoms with E-state index < -0.39 is 5.97 Å². The van der Waals surface area contributed by atoms with Crippen molar-refractivity contribution in [3.8, 4) is 0 Å². The van der Waals surface area contributed by atoms with E-state index in [2.05, 4.69) is 6.58 Å². The van der Waals surface area contributed by atoms with E-state index >= 15 is 0 Å². The van der Waals surface area contributed by atoms with Crippen LogP contribution >= 0.6 is 0 Å². The first-order chi connectivity index (χ1) is 8.24. The quantitative estimate of drug-likeness (QED) is 0.408. The zero-order valence-corrected chi connectivity index (χ0v) is 9.43. The molecule has 0 atom stereocenters. The smallest absolute Gasteiger partial charge is 0.338 e. The van der Waals surface area contributed by atoms with Gasteiger partial charge in [0.1, 0.15) is 6.61 Å². The lowest BCUT2D eigenvalue weighted by Gasteiger charge is -2.04. The minimum absolute atomic E-state index is 0.0753. The molecule has 0 aliphatic rings. The number of carbonyl (C=O) groups is 2. The van der Waals surface area contributed by atoms with Crippen molar-refractivity contribution in [1.82, 2.24) is 0 Å². The molecule has 1 aromatic rings. The molecule has 0 heterocycles. The van der Waals surface area contributed by atoms with Gasteiger partial charge in [0.2, 0.25) is 0 Å². The van der Waals surface area contributed by atoms with Crippen molar-refractivity contribution in [3.63, 3.8) is 0 Å². The van der Waals surface area contributed by atoms with Gasteiger partial charge in [-0.05, 0) is 12.1 Å². The summed E-state index contributed by atoms with van der Waals surface area (Å²) in [7, 11) is 0. The van der Waals surface area contributed by atoms with Gasteiger partial charge >= 0.3 is 5.97 Å². The molecular formula is C13H14O4. The molecule has 0 spiro atoms. The Morgan fingerprint density at radius 3 is 2.53 bits per heavy atom. The van der Waals surface area contributed by atoms with Crippen molar-refractivity contribution in [2.75, 3.05) is 19.8 Å². The Balaban J connectivity index is 2.29. The predicted molar refractivity (Wildman–Crippen MR) is 62.7 cm³/mol. The maximum atomic E-state index is 11.4. The normalized spacial score (nSPS) is 9.65. The van der Waals surface area contributed by atoms with Crippen LogP contribution in [-0.4, -0.2) is 31.6 Å². The first kappa shape index (κ1) is 13.1. The summed E-state index contributed by atoms with van der Waals surface area (Å²) < 4.78 is 9.75. The molecule has 0 N–H and O–H groups in total. The van der Waals surface area contributed by atoms with Gasteiger partial charge in [-0.2, -0.15) is 0 Å². The van der Waals surface area contributed by atoms with Crippen molar-refractivity contribution in [1.29, 1.82) is 0 Å². The highest BCUT2D eigenvalue weighted by molar-refractivity contribution is 5.91. The summed E-state index contributed by atoms with van der Waals surface area (Å²) in [5.41, 5.74) is 0.423. The zero-order chi connectivity index (χ0) is 12.5. The SMILES string of the molecule is C=CCOCC(=O)COC(=O)c1ccccc1. The first-order valence-corrected chi connectivity index (χ1v) is 5.16. The topological polar surface area (TPSA) is 52.6 Å². The molecule has 0 aliphatic heterocycles. The number of hydrogen-bond donors (Lipinski definition) is 0. The van der Waals surface area contributed by atoms with Crippen LogP contribution in [0, 0.1) is 0 Å². The largest absolute Gasteiger partial charge is 0.454 e. The van der Waals surface area contributed by atoms with E-state index in [1.54, 1.807) is 36.4 Å². The van der Waals surface area contributed by atoms with Crippen LogP contribution < -0.4 is 0 Å². The predicted octanol–water partition coefficient (Wildman–Crippen LogP) is 1.62. The van der Waals surface area contributed by atoms with Crippen molar-refractivity contribution in [2.24, 2.45) is 0 Å². The third kappa shape index (κ3) is 5.08. The Kier molecular flexibility index (Phi) is 5.68. The number of benzene rings is 1. The van der Waals surface area contributed by atoms with E-state index in [4.69, 9.17) is 9.47 Å². The molecule has 0 bridgehead atoms. The monoisotopic (exact) mass is 234 g/mol. The molecule has 4 nitrogen and oxygen atoms in total. The van der Waals surface area contributed by atoms with Gasteiger partial charge in [-0.25, -0.2) is 4.79 Å². The summed E-state index contributed by atoms with van der Waals surface area (Å²) in [6.45, 7) is 3.41. The molecule has 0 amide bonds. The fourth-order valence-electron chi connectivity index (χ4n) is 1.10. The molecule has 0 aromatic heterocycles. The summed E-state index contributed by atoms with van der Waals surface area (Å²) in [5.74, 6) is -0.793. The Hall–Kier alpha value is -1.94. The van der Waals surface area contributed by atoms with Gasteiger partial charge in [0.05, 0.1) is 12.2 Å². The van der Waals surface area contributed by atoms with Gasteiger partial charge in [0, 0.05) is 0 Å². The molecule has 1 aromatic carbocycles. The van der Waals surface area contributed by atoms with Crippen molar-refractivity contribution in [2.45, 2.75) is 0 Å². The molecule has 17 heavy (non-hydrogen) atoms. The molecule has 4 heteroatoms. The number of ketones is 1. The maximum absolute atomic E-state index is 11.4. The molecule has 0 saturated heterocycles. The van der Waals surface area contributed by atoms with E-state index in [0.29, 0.717) is 12.2 Å². The fourth-order valence-corrected chi connectivity index (χ4v) is 1.10. The molecular weight excluding hydrogens is 220 g/mol. The average molecular weight is 234 g/mol. The second-order valence-electron chi connectivity index (χ2n) is 3.28. The highest BCUT2D eigenvalue weighted by Crippen LogP contribution is 2.00. The Morgan fingerprint density at radius 1 is 1.18 bits per heavy atom. The van der Waals surface area contributed by atoms with Crippen LogP contribution in [0.4, 0.5) is 0 Å². The molecule has 90 valence electrons. The van der Waals surface area contributed by atoms with E-state index in [1.807, 2.05) is 0 Å². The Morgan fingerprint density at radius 2 is 1.88 bits per heavy atom. The third-order valence-electron chi connectivity index (χ3n) is 1.87. The van der Waals surface area contributed by atoms with Crippen LogP contribution in [0.15, 0.2) is 43.0 Å². The number of carbonyl (C=O) groups excluding carboxylic acids is 2. The second-order valence-corrected chi connectivity index (χ2v) is 3.28. The van der Waals surface area contributed by atoms with Gasteiger partial charge in [0.25, 0.3) is 0 Å². The lowest BCUT2D eigenvalue weighted by Crippen LogP contribution is -2.18. The van der Waals surface area contributed by atoms with Crippen LogP contribution in [-0.2, 0) is 14.3 Å². The van der Waals surface area contributed by atoms with E-state index in [9.17, 15) is 9.59 Å². The Labute approximate surface area is 99.8 Å². The van der Waals surface area contributed by atoms with Crippen molar-refractivity contribution >= 4 is 11.8 Å².